The number of likely N-dealkylation sites (tertiary alicyclic amines) is 1. The van der Waals surface area contributed by atoms with Gasteiger partial charge in [0.1, 0.15) is 0 Å². The van der Waals surface area contributed by atoms with Crippen LogP contribution in [0.1, 0.15) is 29.6 Å². The van der Waals surface area contributed by atoms with Crippen molar-refractivity contribution < 1.29 is 14.4 Å². The van der Waals surface area contributed by atoms with E-state index < -0.39 is 5.92 Å². The fraction of sp³-hybridized carbons (Fsp3) is 0.269. The minimum Gasteiger partial charge on any atom is -0.339 e. The molecule has 0 spiro atoms. The first-order chi connectivity index (χ1) is 15.6. The van der Waals surface area contributed by atoms with Crippen LogP contribution in [0.2, 0.25) is 0 Å². The molecule has 5 rings (SSSR count). The zero-order chi connectivity index (χ0) is 22.1. The predicted octanol–water partition coefficient (Wildman–Crippen LogP) is 4.07. The summed E-state index contributed by atoms with van der Waals surface area (Å²) in [5, 5.41) is 4.97. The third-order valence-electron chi connectivity index (χ3n) is 6.35. The molecule has 0 bridgehead atoms. The lowest BCUT2D eigenvalue weighted by Gasteiger charge is -2.19. The number of anilines is 2. The zero-order valence-electron chi connectivity index (χ0n) is 17.8. The van der Waals surface area contributed by atoms with E-state index >= 15 is 0 Å². The lowest BCUT2D eigenvalue weighted by molar-refractivity contribution is -0.122. The third-order valence-corrected chi connectivity index (χ3v) is 6.35. The first-order valence-corrected chi connectivity index (χ1v) is 11.1. The van der Waals surface area contributed by atoms with Crippen LogP contribution in [0.5, 0.6) is 0 Å². The molecule has 1 N–H and O–H groups in total. The minimum absolute atomic E-state index is 0.0347. The van der Waals surface area contributed by atoms with Crippen LogP contribution in [0, 0.1) is 5.92 Å². The Morgan fingerprint density at radius 2 is 1.59 bits per heavy atom. The van der Waals surface area contributed by atoms with E-state index in [-0.39, 0.29) is 24.1 Å². The van der Waals surface area contributed by atoms with Crippen molar-refractivity contribution in [3.8, 4) is 0 Å². The molecule has 3 aromatic rings. The Kier molecular flexibility index (Phi) is 5.35. The average molecular weight is 428 g/mol. The summed E-state index contributed by atoms with van der Waals surface area (Å²) in [5.74, 6) is -0.618. The fourth-order valence-electron chi connectivity index (χ4n) is 4.60. The van der Waals surface area contributed by atoms with Gasteiger partial charge < -0.3 is 15.1 Å². The lowest BCUT2D eigenvalue weighted by atomic mass is 10.1. The Bertz CT molecular complexity index is 1180. The number of amides is 3. The summed E-state index contributed by atoms with van der Waals surface area (Å²) in [6.07, 6.45) is 2.28. The van der Waals surface area contributed by atoms with E-state index in [1.807, 2.05) is 47.4 Å². The van der Waals surface area contributed by atoms with Gasteiger partial charge in [0.25, 0.3) is 5.91 Å². The summed E-state index contributed by atoms with van der Waals surface area (Å²) in [4.78, 5) is 41.7. The molecule has 0 saturated carbocycles. The first kappa shape index (κ1) is 20.2. The van der Waals surface area contributed by atoms with E-state index in [4.69, 9.17) is 0 Å². The van der Waals surface area contributed by atoms with Crippen molar-refractivity contribution in [3.63, 3.8) is 0 Å². The number of rotatable bonds is 4. The molecular weight excluding hydrogens is 402 g/mol. The highest BCUT2D eigenvalue weighted by Crippen LogP contribution is 2.32. The maximum Gasteiger partial charge on any atom is 0.253 e. The van der Waals surface area contributed by atoms with E-state index in [9.17, 15) is 14.4 Å². The second kappa shape index (κ2) is 8.46. The van der Waals surface area contributed by atoms with Crippen molar-refractivity contribution in [2.75, 3.05) is 29.9 Å². The second-order valence-electron chi connectivity index (χ2n) is 8.47. The summed E-state index contributed by atoms with van der Waals surface area (Å²) < 4.78 is 0. The Hall–Kier alpha value is -3.67. The average Bonchev–Trinajstić information content (AvgIpc) is 3.49. The summed E-state index contributed by atoms with van der Waals surface area (Å²) >= 11 is 0. The van der Waals surface area contributed by atoms with Gasteiger partial charge in [0.2, 0.25) is 11.8 Å². The number of nitrogens with one attached hydrogen (secondary N) is 1. The number of benzene rings is 3. The monoisotopic (exact) mass is 427 g/mol. The van der Waals surface area contributed by atoms with Gasteiger partial charge in [-0.1, -0.05) is 36.4 Å². The van der Waals surface area contributed by atoms with Gasteiger partial charge in [-0.15, -0.1) is 0 Å². The number of fused-ring (bicyclic) bond motifs is 1. The van der Waals surface area contributed by atoms with E-state index in [1.54, 1.807) is 29.2 Å². The molecule has 1 unspecified atom stereocenters. The quantitative estimate of drug-likeness (QED) is 0.683. The molecule has 2 aliphatic rings. The van der Waals surface area contributed by atoms with Crippen LogP contribution in [0.3, 0.4) is 0 Å². The van der Waals surface area contributed by atoms with Crippen molar-refractivity contribution in [3.05, 3.63) is 72.3 Å². The van der Waals surface area contributed by atoms with Gasteiger partial charge in [0.05, 0.1) is 11.6 Å². The van der Waals surface area contributed by atoms with Crippen LogP contribution in [0.15, 0.2) is 66.7 Å². The van der Waals surface area contributed by atoms with E-state index in [0.29, 0.717) is 17.8 Å². The maximum atomic E-state index is 12.9. The van der Waals surface area contributed by atoms with Crippen LogP contribution in [0.4, 0.5) is 11.4 Å². The first-order valence-electron chi connectivity index (χ1n) is 11.1. The zero-order valence-corrected chi connectivity index (χ0v) is 17.8. The highest BCUT2D eigenvalue weighted by atomic mass is 16.2. The van der Waals surface area contributed by atoms with Crippen LogP contribution < -0.4 is 10.2 Å². The SMILES string of the molecule is O=C(Nc1ccc(C(=O)N2CCCC2)cc1)C1CC(=O)N(c2cccc3ccccc23)C1. The van der Waals surface area contributed by atoms with Crippen LogP contribution in [-0.2, 0) is 9.59 Å². The Labute approximate surface area is 186 Å². The lowest BCUT2D eigenvalue weighted by Crippen LogP contribution is -2.28. The molecule has 2 aliphatic heterocycles. The van der Waals surface area contributed by atoms with Crippen molar-refractivity contribution in [1.29, 1.82) is 0 Å². The highest BCUT2D eigenvalue weighted by Gasteiger charge is 2.35. The van der Waals surface area contributed by atoms with E-state index in [1.165, 1.54) is 0 Å². The third kappa shape index (κ3) is 3.84. The summed E-state index contributed by atoms with van der Waals surface area (Å²) in [5.41, 5.74) is 2.10. The Morgan fingerprint density at radius 3 is 2.38 bits per heavy atom. The number of carbonyl (C=O) groups is 3. The fourth-order valence-corrected chi connectivity index (χ4v) is 4.60. The van der Waals surface area contributed by atoms with E-state index in [0.717, 1.165) is 42.4 Å². The molecule has 3 aromatic carbocycles. The summed E-state index contributed by atoms with van der Waals surface area (Å²) in [6.45, 7) is 1.96. The topological polar surface area (TPSA) is 69.7 Å². The molecule has 6 nitrogen and oxygen atoms in total. The summed E-state index contributed by atoms with van der Waals surface area (Å²) in [7, 11) is 0. The molecule has 32 heavy (non-hydrogen) atoms. The van der Waals surface area contributed by atoms with Gasteiger partial charge in [0.15, 0.2) is 0 Å². The van der Waals surface area contributed by atoms with Gasteiger partial charge in [0, 0.05) is 42.7 Å². The molecule has 162 valence electrons. The number of hydrogen-bond acceptors (Lipinski definition) is 3. The van der Waals surface area contributed by atoms with Gasteiger partial charge in [-0.3, -0.25) is 14.4 Å². The smallest absolute Gasteiger partial charge is 0.253 e. The number of carbonyl (C=O) groups excluding carboxylic acids is 3. The van der Waals surface area contributed by atoms with Gasteiger partial charge in [-0.25, -0.2) is 0 Å². The second-order valence-corrected chi connectivity index (χ2v) is 8.47. The van der Waals surface area contributed by atoms with Crippen molar-refractivity contribution in [2.45, 2.75) is 19.3 Å². The molecule has 6 heteroatoms. The van der Waals surface area contributed by atoms with Crippen LogP contribution in [-0.4, -0.2) is 42.3 Å². The molecule has 2 saturated heterocycles. The Morgan fingerprint density at radius 1 is 0.875 bits per heavy atom. The van der Waals surface area contributed by atoms with Gasteiger partial charge in [-0.05, 0) is 48.6 Å². The van der Waals surface area contributed by atoms with Crippen molar-refractivity contribution in [2.24, 2.45) is 5.92 Å². The minimum atomic E-state index is -0.424. The van der Waals surface area contributed by atoms with Crippen LogP contribution in [0.25, 0.3) is 10.8 Å². The van der Waals surface area contributed by atoms with Gasteiger partial charge in [-0.2, -0.15) is 0 Å². The maximum absolute atomic E-state index is 12.9. The number of hydrogen-bond donors (Lipinski definition) is 1. The van der Waals surface area contributed by atoms with E-state index in [2.05, 4.69) is 5.32 Å². The van der Waals surface area contributed by atoms with Gasteiger partial charge >= 0.3 is 0 Å². The molecule has 2 fully saturated rings. The van der Waals surface area contributed by atoms with Crippen LogP contribution >= 0.6 is 0 Å². The standard InChI is InChI=1S/C26H25N3O3/c30-24-16-20(17-29(24)23-9-5-7-18-6-1-2-8-22(18)23)25(31)27-21-12-10-19(11-13-21)26(32)28-14-3-4-15-28/h1-2,5-13,20H,3-4,14-17H2,(H,27,31). The predicted molar refractivity (Wildman–Crippen MR) is 125 cm³/mol. The van der Waals surface area contributed by atoms with Crippen molar-refractivity contribution in [1.82, 2.24) is 4.90 Å². The normalized spacial score (nSPS) is 18.4. The Balaban J connectivity index is 1.26. The molecule has 0 aliphatic carbocycles. The highest BCUT2D eigenvalue weighted by molar-refractivity contribution is 6.08. The van der Waals surface area contributed by atoms with Crippen molar-refractivity contribution >= 4 is 39.9 Å². The largest absolute Gasteiger partial charge is 0.339 e. The molecule has 0 radical (unpaired) electrons. The molecule has 1 atom stereocenters. The molecular formula is C26H25N3O3. The molecule has 0 aromatic heterocycles. The summed E-state index contributed by atoms with van der Waals surface area (Å²) in [6, 6.07) is 20.8. The number of nitrogens with zero attached hydrogens (tertiary/aromatic N) is 2. The molecule has 2 heterocycles. The molecule has 3 amide bonds.